The summed E-state index contributed by atoms with van der Waals surface area (Å²) >= 11 is 11.9. The highest BCUT2D eigenvalue weighted by Gasteiger charge is 2.12. The lowest BCUT2D eigenvalue weighted by Crippen LogP contribution is -2.04. The summed E-state index contributed by atoms with van der Waals surface area (Å²) in [6, 6.07) is 11.5. The summed E-state index contributed by atoms with van der Waals surface area (Å²) in [7, 11) is 0. The van der Waals surface area contributed by atoms with Crippen LogP contribution in [-0.2, 0) is 0 Å². The number of nitro groups is 1. The quantitative estimate of drug-likeness (QED) is 0.467. The van der Waals surface area contributed by atoms with Crippen molar-refractivity contribution in [3.05, 3.63) is 68.2 Å². The summed E-state index contributed by atoms with van der Waals surface area (Å²) < 4.78 is 0. The van der Waals surface area contributed by atoms with E-state index in [0.717, 1.165) is 11.3 Å². The van der Waals surface area contributed by atoms with Crippen molar-refractivity contribution in [3.63, 3.8) is 0 Å². The Hall–Kier alpha value is -2.11. The fraction of sp³-hybridized carbons (Fsp3) is 0.133. The molecule has 0 fully saturated rings. The summed E-state index contributed by atoms with van der Waals surface area (Å²) in [5.74, 6) is 0. The van der Waals surface area contributed by atoms with Gasteiger partial charge in [0.05, 0.1) is 20.7 Å². The van der Waals surface area contributed by atoms with E-state index in [2.05, 4.69) is 10.5 Å². The van der Waals surface area contributed by atoms with E-state index in [1.165, 1.54) is 6.07 Å². The number of anilines is 1. The number of benzene rings is 2. The SMILES string of the molecule is CCC(=NNc1ccccc1[N+](=O)[O-])c1ccc(Cl)c(Cl)c1. The van der Waals surface area contributed by atoms with Gasteiger partial charge in [0.1, 0.15) is 5.69 Å². The van der Waals surface area contributed by atoms with Crippen LogP contribution in [0.15, 0.2) is 47.6 Å². The third kappa shape index (κ3) is 3.75. The van der Waals surface area contributed by atoms with Crippen molar-refractivity contribution in [3.8, 4) is 0 Å². The lowest BCUT2D eigenvalue weighted by atomic mass is 10.1. The fourth-order valence-corrected chi connectivity index (χ4v) is 2.18. The molecule has 5 nitrogen and oxygen atoms in total. The van der Waals surface area contributed by atoms with Crippen LogP contribution < -0.4 is 5.43 Å². The Balaban J connectivity index is 2.30. The van der Waals surface area contributed by atoms with Crippen LogP contribution in [0.2, 0.25) is 10.0 Å². The molecule has 1 N–H and O–H groups in total. The Kier molecular flexibility index (Phi) is 5.35. The number of halogens is 2. The van der Waals surface area contributed by atoms with Gasteiger partial charge in [-0.05, 0) is 30.2 Å². The molecule has 0 aliphatic rings. The maximum absolute atomic E-state index is 11.0. The number of nitrogens with one attached hydrogen (secondary N) is 1. The molecule has 114 valence electrons. The molecule has 0 bridgehead atoms. The van der Waals surface area contributed by atoms with Gasteiger partial charge >= 0.3 is 0 Å². The molecule has 0 spiro atoms. The van der Waals surface area contributed by atoms with E-state index < -0.39 is 4.92 Å². The van der Waals surface area contributed by atoms with Crippen molar-refractivity contribution in [2.75, 3.05) is 5.43 Å². The molecule has 7 heteroatoms. The van der Waals surface area contributed by atoms with E-state index in [1.807, 2.05) is 6.92 Å². The Morgan fingerprint density at radius 3 is 2.59 bits per heavy atom. The smallest absolute Gasteiger partial charge is 0.271 e. The molecule has 2 rings (SSSR count). The van der Waals surface area contributed by atoms with Crippen molar-refractivity contribution in [1.29, 1.82) is 0 Å². The van der Waals surface area contributed by atoms with E-state index in [9.17, 15) is 10.1 Å². The molecule has 2 aromatic rings. The Bertz CT molecular complexity index is 732. The topological polar surface area (TPSA) is 67.5 Å². The Labute approximate surface area is 137 Å². The molecule has 0 unspecified atom stereocenters. The molecule has 0 atom stereocenters. The fourth-order valence-electron chi connectivity index (χ4n) is 1.88. The molecular weight excluding hydrogens is 325 g/mol. The first kappa shape index (κ1) is 16.3. The number of rotatable bonds is 5. The van der Waals surface area contributed by atoms with Crippen LogP contribution in [0.5, 0.6) is 0 Å². The number of nitro benzene ring substituents is 1. The molecule has 0 saturated carbocycles. The third-order valence-electron chi connectivity index (χ3n) is 3.00. The number of nitrogens with zero attached hydrogens (tertiary/aromatic N) is 2. The maximum Gasteiger partial charge on any atom is 0.294 e. The zero-order chi connectivity index (χ0) is 16.1. The van der Waals surface area contributed by atoms with E-state index >= 15 is 0 Å². The molecule has 0 amide bonds. The van der Waals surface area contributed by atoms with Crippen molar-refractivity contribution in [1.82, 2.24) is 0 Å². The molecule has 22 heavy (non-hydrogen) atoms. The van der Waals surface area contributed by atoms with Gasteiger partial charge in [0.25, 0.3) is 5.69 Å². The minimum Gasteiger partial charge on any atom is -0.271 e. The van der Waals surface area contributed by atoms with Gasteiger partial charge in [0, 0.05) is 6.07 Å². The van der Waals surface area contributed by atoms with E-state index in [1.54, 1.807) is 36.4 Å². The van der Waals surface area contributed by atoms with Crippen molar-refractivity contribution < 1.29 is 4.92 Å². The van der Waals surface area contributed by atoms with Crippen LogP contribution in [0.25, 0.3) is 0 Å². The van der Waals surface area contributed by atoms with Gasteiger partial charge in [-0.1, -0.05) is 48.3 Å². The van der Waals surface area contributed by atoms with Crippen molar-refractivity contribution in [2.45, 2.75) is 13.3 Å². The molecule has 0 aliphatic carbocycles. The van der Waals surface area contributed by atoms with Crippen LogP contribution in [-0.4, -0.2) is 10.6 Å². The lowest BCUT2D eigenvalue weighted by molar-refractivity contribution is -0.384. The monoisotopic (exact) mass is 337 g/mol. The van der Waals surface area contributed by atoms with Gasteiger partial charge in [-0.3, -0.25) is 15.5 Å². The standard InChI is InChI=1S/C15H13Cl2N3O2/c1-2-13(10-7-8-11(16)12(17)9-10)18-19-14-5-3-4-6-15(14)20(21)22/h3-9,19H,2H2,1H3. The first-order valence-corrected chi connectivity index (χ1v) is 7.30. The molecule has 0 radical (unpaired) electrons. The number of hydrazone groups is 1. The first-order valence-electron chi connectivity index (χ1n) is 6.54. The van der Waals surface area contributed by atoms with Gasteiger partial charge in [0.2, 0.25) is 0 Å². The van der Waals surface area contributed by atoms with Crippen LogP contribution in [0.4, 0.5) is 11.4 Å². The summed E-state index contributed by atoms with van der Waals surface area (Å²) in [6.07, 6.45) is 0.631. The second kappa shape index (κ2) is 7.24. The van der Waals surface area contributed by atoms with Gasteiger partial charge in [-0.25, -0.2) is 0 Å². The summed E-state index contributed by atoms with van der Waals surface area (Å²) in [5.41, 5.74) is 4.58. The van der Waals surface area contributed by atoms with Gasteiger partial charge in [-0.2, -0.15) is 5.10 Å². The van der Waals surface area contributed by atoms with Crippen molar-refractivity contribution >= 4 is 40.3 Å². The number of hydrogen-bond acceptors (Lipinski definition) is 4. The molecule has 2 aromatic carbocycles. The summed E-state index contributed by atoms with van der Waals surface area (Å²) in [5, 5.41) is 16.1. The van der Waals surface area contributed by atoms with E-state index in [4.69, 9.17) is 23.2 Å². The Morgan fingerprint density at radius 2 is 1.95 bits per heavy atom. The molecule has 0 heterocycles. The molecule has 0 aliphatic heterocycles. The predicted octanol–water partition coefficient (Wildman–Crippen LogP) is 5.13. The molecule has 0 saturated heterocycles. The van der Waals surface area contributed by atoms with Gasteiger partial charge < -0.3 is 0 Å². The maximum atomic E-state index is 11.0. The number of hydrogen-bond donors (Lipinski definition) is 1. The zero-order valence-electron chi connectivity index (χ0n) is 11.7. The largest absolute Gasteiger partial charge is 0.294 e. The minimum atomic E-state index is -0.456. The third-order valence-corrected chi connectivity index (χ3v) is 3.74. The zero-order valence-corrected chi connectivity index (χ0v) is 13.2. The van der Waals surface area contributed by atoms with E-state index in [-0.39, 0.29) is 5.69 Å². The lowest BCUT2D eigenvalue weighted by Gasteiger charge is -2.07. The van der Waals surface area contributed by atoms with Crippen molar-refractivity contribution in [2.24, 2.45) is 5.10 Å². The predicted molar refractivity (Wildman–Crippen MR) is 90.0 cm³/mol. The number of para-hydroxylation sites is 2. The average Bonchev–Trinajstić information content (AvgIpc) is 2.51. The minimum absolute atomic E-state index is 0.0316. The highest BCUT2D eigenvalue weighted by atomic mass is 35.5. The van der Waals surface area contributed by atoms with Crippen LogP contribution in [0, 0.1) is 10.1 Å². The van der Waals surface area contributed by atoms with Crippen LogP contribution >= 0.6 is 23.2 Å². The first-order chi connectivity index (χ1) is 10.5. The molecular formula is C15H13Cl2N3O2. The average molecular weight is 338 g/mol. The van der Waals surface area contributed by atoms with Gasteiger partial charge in [-0.15, -0.1) is 0 Å². The van der Waals surface area contributed by atoms with Crippen LogP contribution in [0.1, 0.15) is 18.9 Å². The van der Waals surface area contributed by atoms with Crippen LogP contribution in [0.3, 0.4) is 0 Å². The highest BCUT2D eigenvalue weighted by molar-refractivity contribution is 6.42. The molecule has 0 aromatic heterocycles. The summed E-state index contributed by atoms with van der Waals surface area (Å²) in [6.45, 7) is 1.93. The highest BCUT2D eigenvalue weighted by Crippen LogP contribution is 2.25. The second-order valence-electron chi connectivity index (χ2n) is 4.43. The van der Waals surface area contributed by atoms with E-state index in [0.29, 0.717) is 22.2 Å². The second-order valence-corrected chi connectivity index (χ2v) is 5.24. The van der Waals surface area contributed by atoms with Gasteiger partial charge in [0.15, 0.2) is 0 Å². The normalized spacial score (nSPS) is 11.3. The Morgan fingerprint density at radius 1 is 1.23 bits per heavy atom. The summed E-state index contributed by atoms with van der Waals surface area (Å²) in [4.78, 5) is 10.5.